The molecule has 0 fully saturated rings. The van der Waals surface area contributed by atoms with Crippen LogP contribution in [0, 0.1) is 27.7 Å². The second-order valence-electron chi connectivity index (χ2n) is 4.16. The van der Waals surface area contributed by atoms with Crippen LogP contribution in [-0.2, 0) is 0 Å². The minimum atomic E-state index is -0.979. The maximum Gasteiger partial charge on any atom is 0.339 e. The van der Waals surface area contributed by atoms with E-state index in [0.29, 0.717) is 17.2 Å². The number of nitrogens with zero attached hydrogens (tertiary/aromatic N) is 4. The molecule has 0 aromatic carbocycles. The lowest BCUT2D eigenvalue weighted by atomic mass is 10.2. The molecule has 0 atom stereocenters. The predicted octanol–water partition coefficient (Wildman–Crippen LogP) is 1.59. The minimum Gasteiger partial charge on any atom is -0.478 e. The third-order valence-electron chi connectivity index (χ3n) is 2.90. The molecule has 0 bridgehead atoms. The molecule has 0 aliphatic carbocycles. The second kappa shape index (κ2) is 4.21. The summed E-state index contributed by atoms with van der Waals surface area (Å²) in [6.45, 7) is 7.10. The number of rotatable bonds is 2. The SMILES string of the molecule is Cc1ncc(-n2nc(C)c(C(=O)O)c2C)nc1C. The normalized spacial score (nSPS) is 10.7. The lowest BCUT2D eigenvalue weighted by Crippen LogP contribution is -2.06. The average molecular weight is 246 g/mol. The third-order valence-corrected chi connectivity index (χ3v) is 2.90. The van der Waals surface area contributed by atoms with Crippen molar-refractivity contribution >= 4 is 5.97 Å². The van der Waals surface area contributed by atoms with Crippen molar-refractivity contribution in [3.63, 3.8) is 0 Å². The smallest absolute Gasteiger partial charge is 0.339 e. The lowest BCUT2D eigenvalue weighted by molar-refractivity contribution is 0.0695. The molecule has 0 spiro atoms. The van der Waals surface area contributed by atoms with Crippen molar-refractivity contribution in [1.29, 1.82) is 0 Å². The fourth-order valence-electron chi connectivity index (χ4n) is 1.81. The summed E-state index contributed by atoms with van der Waals surface area (Å²) in [5, 5.41) is 13.3. The number of hydrogen-bond acceptors (Lipinski definition) is 4. The zero-order chi connectivity index (χ0) is 13.4. The van der Waals surface area contributed by atoms with Crippen molar-refractivity contribution in [3.8, 4) is 5.82 Å². The highest BCUT2D eigenvalue weighted by Gasteiger charge is 2.19. The maximum atomic E-state index is 11.1. The van der Waals surface area contributed by atoms with Gasteiger partial charge in [0.05, 0.1) is 29.0 Å². The van der Waals surface area contributed by atoms with E-state index in [1.165, 1.54) is 4.68 Å². The summed E-state index contributed by atoms with van der Waals surface area (Å²) in [5.74, 6) is -0.445. The summed E-state index contributed by atoms with van der Waals surface area (Å²) in [7, 11) is 0. The molecule has 0 saturated heterocycles. The van der Waals surface area contributed by atoms with Crippen LogP contribution in [0.15, 0.2) is 6.20 Å². The van der Waals surface area contributed by atoms with E-state index in [1.807, 2.05) is 13.8 Å². The number of carbonyl (C=O) groups is 1. The van der Waals surface area contributed by atoms with Gasteiger partial charge in [0.2, 0.25) is 0 Å². The summed E-state index contributed by atoms with van der Waals surface area (Å²) in [4.78, 5) is 19.7. The fourth-order valence-corrected chi connectivity index (χ4v) is 1.81. The molecule has 6 nitrogen and oxygen atoms in total. The first-order valence-electron chi connectivity index (χ1n) is 5.52. The van der Waals surface area contributed by atoms with Crippen molar-refractivity contribution in [3.05, 3.63) is 34.5 Å². The quantitative estimate of drug-likeness (QED) is 0.870. The number of aryl methyl sites for hydroxylation is 3. The van der Waals surface area contributed by atoms with Gasteiger partial charge in [-0.1, -0.05) is 0 Å². The van der Waals surface area contributed by atoms with Gasteiger partial charge in [0.1, 0.15) is 5.56 Å². The first kappa shape index (κ1) is 12.2. The molecule has 0 unspecified atom stereocenters. The highest BCUT2D eigenvalue weighted by molar-refractivity contribution is 5.90. The first-order valence-corrected chi connectivity index (χ1v) is 5.52. The topological polar surface area (TPSA) is 80.9 Å². The maximum absolute atomic E-state index is 11.1. The van der Waals surface area contributed by atoms with E-state index >= 15 is 0 Å². The molecule has 2 rings (SSSR count). The van der Waals surface area contributed by atoms with Gasteiger partial charge in [-0.05, 0) is 27.7 Å². The fraction of sp³-hybridized carbons (Fsp3) is 0.333. The van der Waals surface area contributed by atoms with E-state index < -0.39 is 5.97 Å². The summed E-state index contributed by atoms with van der Waals surface area (Å²) in [6, 6.07) is 0. The molecule has 0 radical (unpaired) electrons. The van der Waals surface area contributed by atoms with Gasteiger partial charge in [-0.2, -0.15) is 5.10 Å². The van der Waals surface area contributed by atoms with E-state index in [4.69, 9.17) is 5.11 Å². The Kier molecular flexibility index (Phi) is 2.86. The Labute approximate surface area is 104 Å². The van der Waals surface area contributed by atoms with E-state index in [2.05, 4.69) is 15.1 Å². The van der Waals surface area contributed by atoms with Crippen LogP contribution < -0.4 is 0 Å². The molecular formula is C12H14N4O2. The van der Waals surface area contributed by atoms with Gasteiger partial charge >= 0.3 is 5.97 Å². The van der Waals surface area contributed by atoms with Crippen molar-refractivity contribution < 1.29 is 9.90 Å². The van der Waals surface area contributed by atoms with Crippen LogP contribution in [0.5, 0.6) is 0 Å². The molecule has 0 aliphatic heterocycles. The lowest BCUT2D eigenvalue weighted by Gasteiger charge is -2.05. The zero-order valence-electron chi connectivity index (χ0n) is 10.7. The van der Waals surface area contributed by atoms with E-state index in [0.717, 1.165) is 11.4 Å². The van der Waals surface area contributed by atoms with Gasteiger partial charge in [0.25, 0.3) is 0 Å². The van der Waals surface area contributed by atoms with Gasteiger partial charge in [-0.3, -0.25) is 4.98 Å². The standard InChI is InChI=1S/C12H14N4O2/c1-6-7(2)14-10(5-13-6)16-9(4)11(12(17)18)8(3)15-16/h5H,1-4H3,(H,17,18). The van der Waals surface area contributed by atoms with Crippen LogP contribution in [0.25, 0.3) is 5.82 Å². The van der Waals surface area contributed by atoms with Crippen LogP contribution in [0.3, 0.4) is 0 Å². The Morgan fingerprint density at radius 3 is 2.33 bits per heavy atom. The van der Waals surface area contributed by atoms with Crippen LogP contribution in [0.1, 0.15) is 33.1 Å². The van der Waals surface area contributed by atoms with Crippen molar-refractivity contribution in [2.45, 2.75) is 27.7 Å². The molecule has 2 aromatic rings. The molecule has 0 saturated carbocycles. The van der Waals surface area contributed by atoms with Gasteiger partial charge in [-0.15, -0.1) is 0 Å². The Balaban J connectivity index is 2.61. The average Bonchev–Trinajstić information content (AvgIpc) is 2.58. The number of aromatic carboxylic acids is 1. The van der Waals surface area contributed by atoms with E-state index in [9.17, 15) is 4.79 Å². The highest BCUT2D eigenvalue weighted by Crippen LogP contribution is 2.16. The summed E-state index contributed by atoms with van der Waals surface area (Å²) in [5.41, 5.74) is 2.89. The Hall–Kier alpha value is -2.24. The molecule has 2 aromatic heterocycles. The molecule has 6 heteroatoms. The van der Waals surface area contributed by atoms with Gasteiger partial charge < -0.3 is 5.11 Å². The summed E-state index contributed by atoms with van der Waals surface area (Å²) >= 11 is 0. The highest BCUT2D eigenvalue weighted by atomic mass is 16.4. The largest absolute Gasteiger partial charge is 0.478 e. The number of carboxylic acid groups (broad SMARTS) is 1. The molecule has 94 valence electrons. The predicted molar refractivity (Wildman–Crippen MR) is 65.1 cm³/mol. The molecular weight excluding hydrogens is 232 g/mol. The Morgan fingerprint density at radius 1 is 1.17 bits per heavy atom. The van der Waals surface area contributed by atoms with Crippen molar-refractivity contribution in [1.82, 2.24) is 19.7 Å². The van der Waals surface area contributed by atoms with Crippen LogP contribution >= 0.6 is 0 Å². The first-order chi connectivity index (χ1) is 8.41. The number of hydrogen-bond donors (Lipinski definition) is 1. The summed E-state index contributed by atoms with van der Waals surface area (Å²) in [6.07, 6.45) is 1.59. The number of aromatic nitrogens is 4. The van der Waals surface area contributed by atoms with Gasteiger partial charge in [-0.25, -0.2) is 14.5 Å². The minimum absolute atomic E-state index is 0.218. The molecule has 1 N–H and O–H groups in total. The third kappa shape index (κ3) is 1.85. The molecule has 18 heavy (non-hydrogen) atoms. The molecule has 2 heterocycles. The van der Waals surface area contributed by atoms with Crippen LogP contribution in [0.4, 0.5) is 0 Å². The monoisotopic (exact) mass is 246 g/mol. The van der Waals surface area contributed by atoms with E-state index in [-0.39, 0.29) is 5.56 Å². The number of carboxylic acids is 1. The Bertz CT molecular complexity index is 631. The van der Waals surface area contributed by atoms with Gasteiger partial charge in [0.15, 0.2) is 5.82 Å². The van der Waals surface area contributed by atoms with Gasteiger partial charge in [0, 0.05) is 0 Å². The zero-order valence-corrected chi connectivity index (χ0v) is 10.7. The van der Waals surface area contributed by atoms with Crippen molar-refractivity contribution in [2.75, 3.05) is 0 Å². The Morgan fingerprint density at radius 2 is 1.83 bits per heavy atom. The molecule has 0 aliphatic rings. The van der Waals surface area contributed by atoms with Crippen molar-refractivity contribution in [2.24, 2.45) is 0 Å². The van der Waals surface area contributed by atoms with Crippen LogP contribution in [0.2, 0.25) is 0 Å². The second-order valence-corrected chi connectivity index (χ2v) is 4.16. The summed E-state index contributed by atoms with van der Waals surface area (Å²) < 4.78 is 1.51. The van der Waals surface area contributed by atoms with E-state index in [1.54, 1.807) is 20.0 Å². The molecule has 0 amide bonds. The van der Waals surface area contributed by atoms with Crippen LogP contribution in [-0.4, -0.2) is 30.8 Å².